The van der Waals surface area contributed by atoms with E-state index in [4.69, 9.17) is 0 Å². The Hall–Kier alpha value is -4.17. The Morgan fingerprint density at radius 1 is 1.18 bits per heavy atom. The fourth-order valence-electron chi connectivity index (χ4n) is 2.79. The number of nitro benzene ring substituents is 2. The molecular weight excluding hydrogens is 470 g/mol. The molecule has 12 nitrogen and oxygen atoms in total. The Balaban J connectivity index is 1.47. The van der Waals surface area contributed by atoms with Crippen LogP contribution in [0.3, 0.4) is 0 Å². The highest BCUT2D eigenvalue weighted by Crippen LogP contribution is 2.33. The van der Waals surface area contributed by atoms with Gasteiger partial charge in [-0.2, -0.15) is 5.10 Å². The number of fused-ring (bicyclic) bond motifs is 1. The molecule has 0 aliphatic rings. The molecule has 2 heterocycles. The third-order valence-corrected chi connectivity index (χ3v) is 6.32. The normalized spacial score (nSPS) is 11.2. The summed E-state index contributed by atoms with van der Waals surface area (Å²) >= 11 is 2.22. The van der Waals surface area contributed by atoms with Crippen molar-refractivity contribution < 1.29 is 14.6 Å². The minimum Gasteiger partial charge on any atom is -0.266 e. The van der Waals surface area contributed by atoms with Gasteiger partial charge in [0, 0.05) is 33.8 Å². The number of hydrogen-bond donors (Lipinski definition) is 2. The number of benzene rings is 2. The summed E-state index contributed by atoms with van der Waals surface area (Å²) in [5.41, 5.74) is 2.55. The van der Waals surface area contributed by atoms with Gasteiger partial charge >= 0.3 is 0 Å². The molecular formula is C19H13N7O5S2. The maximum absolute atomic E-state index is 12.4. The first-order valence-corrected chi connectivity index (χ1v) is 10.8. The lowest BCUT2D eigenvalue weighted by molar-refractivity contribution is -0.387. The van der Waals surface area contributed by atoms with Gasteiger partial charge in [-0.25, -0.2) is 10.4 Å². The molecule has 0 spiro atoms. The summed E-state index contributed by atoms with van der Waals surface area (Å²) < 4.78 is 0.722. The zero-order chi connectivity index (χ0) is 23.5. The van der Waals surface area contributed by atoms with Gasteiger partial charge in [0.15, 0.2) is 0 Å². The number of rotatable bonds is 7. The van der Waals surface area contributed by atoms with Crippen molar-refractivity contribution in [3.63, 3.8) is 0 Å². The third-order valence-electron chi connectivity index (χ3n) is 4.27. The molecule has 0 radical (unpaired) electrons. The number of carbonyl (C=O) groups is 1. The standard InChI is InChI=1S/C19H13N7O5S2/c1-10-21-19(24-22-10)33-16-4-2-11(6-14(16)26(30)31)9-20-23-18(27)17-8-12-7-13(25(28)29)3-5-15(12)32-17/h2-9H,1H3,(H,23,27)(H,21,22,24)/b20-9+. The van der Waals surface area contributed by atoms with E-state index in [9.17, 15) is 25.0 Å². The lowest BCUT2D eigenvalue weighted by Gasteiger charge is -2.01. The number of carbonyl (C=O) groups excluding carboxylic acids is 1. The van der Waals surface area contributed by atoms with Crippen LogP contribution in [-0.4, -0.2) is 37.1 Å². The van der Waals surface area contributed by atoms with Crippen molar-refractivity contribution >= 4 is 56.7 Å². The average molecular weight is 483 g/mol. The lowest BCUT2D eigenvalue weighted by atomic mass is 10.2. The summed E-state index contributed by atoms with van der Waals surface area (Å²) in [6.45, 7) is 1.72. The van der Waals surface area contributed by atoms with E-state index in [-0.39, 0.29) is 11.4 Å². The Kier molecular flexibility index (Phi) is 6.10. The van der Waals surface area contributed by atoms with Crippen molar-refractivity contribution in [2.75, 3.05) is 0 Å². The number of thiophene rings is 1. The van der Waals surface area contributed by atoms with Crippen molar-refractivity contribution in [2.45, 2.75) is 17.0 Å². The van der Waals surface area contributed by atoms with E-state index in [1.165, 1.54) is 35.8 Å². The molecule has 0 aliphatic heterocycles. The quantitative estimate of drug-likeness (QED) is 0.225. The molecule has 2 N–H and O–H groups in total. The van der Waals surface area contributed by atoms with Crippen LogP contribution in [0, 0.1) is 27.2 Å². The van der Waals surface area contributed by atoms with Gasteiger partial charge in [-0.15, -0.1) is 16.4 Å². The molecule has 0 aliphatic carbocycles. The minimum atomic E-state index is -0.520. The summed E-state index contributed by atoms with van der Waals surface area (Å²) in [7, 11) is 0. The number of amides is 1. The van der Waals surface area contributed by atoms with Gasteiger partial charge in [0.1, 0.15) is 5.82 Å². The van der Waals surface area contributed by atoms with Crippen LogP contribution >= 0.6 is 23.1 Å². The zero-order valence-corrected chi connectivity index (χ0v) is 18.3. The molecule has 0 atom stereocenters. The van der Waals surface area contributed by atoms with Crippen LogP contribution < -0.4 is 5.43 Å². The van der Waals surface area contributed by atoms with Gasteiger partial charge in [-0.3, -0.25) is 30.1 Å². The van der Waals surface area contributed by atoms with Crippen LogP contribution in [0.1, 0.15) is 21.1 Å². The van der Waals surface area contributed by atoms with E-state index in [1.807, 2.05) is 0 Å². The molecule has 166 valence electrons. The Morgan fingerprint density at radius 2 is 2.00 bits per heavy atom. The summed E-state index contributed by atoms with van der Waals surface area (Å²) in [4.78, 5) is 38.5. The monoisotopic (exact) mass is 483 g/mol. The molecule has 2 aromatic heterocycles. The van der Waals surface area contributed by atoms with E-state index in [2.05, 4.69) is 25.7 Å². The maximum atomic E-state index is 12.4. The van der Waals surface area contributed by atoms with Gasteiger partial charge < -0.3 is 0 Å². The van der Waals surface area contributed by atoms with Gasteiger partial charge in [0.05, 0.1) is 25.8 Å². The summed E-state index contributed by atoms with van der Waals surface area (Å²) in [5, 5.41) is 33.8. The number of hydrazone groups is 1. The van der Waals surface area contributed by atoms with Crippen LogP contribution in [-0.2, 0) is 0 Å². The predicted octanol–water partition coefficient (Wildman–Crippen LogP) is 4.06. The number of non-ortho nitro benzene ring substituents is 1. The van der Waals surface area contributed by atoms with Crippen LogP contribution in [0.25, 0.3) is 10.1 Å². The number of nitro groups is 2. The lowest BCUT2D eigenvalue weighted by Crippen LogP contribution is -2.16. The first kappa shape index (κ1) is 22.0. The van der Waals surface area contributed by atoms with Crippen molar-refractivity contribution in [1.29, 1.82) is 0 Å². The molecule has 0 fully saturated rings. The molecule has 0 unspecified atom stereocenters. The number of hydrogen-bond acceptors (Lipinski definition) is 10. The number of nitrogens with one attached hydrogen (secondary N) is 2. The predicted molar refractivity (Wildman–Crippen MR) is 122 cm³/mol. The van der Waals surface area contributed by atoms with E-state index in [0.717, 1.165) is 16.5 Å². The van der Waals surface area contributed by atoms with Crippen molar-refractivity contribution in [3.05, 3.63) is 79.0 Å². The van der Waals surface area contributed by atoms with E-state index in [1.54, 1.807) is 31.2 Å². The second-order valence-corrected chi connectivity index (χ2v) is 8.67. The Bertz CT molecular complexity index is 1430. The fourth-order valence-corrected chi connectivity index (χ4v) is 4.56. The zero-order valence-electron chi connectivity index (χ0n) is 16.7. The molecule has 0 saturated carbocycles. The highest BCUT2D eigenvalue weighted by atomic mass is 32.2. The number of aryl methyl sites for hydroxylation is 1. The molecule has 0 bridgehead atoms. The minimum absolute atomic E-state index is 0.0633. The van der Waals surface area contributed by atoms with E-state index >= 15 is 0 Å². The maximum Gasteiger partial charge on any atom is 0.283 e. The van der Waals surface area contributed by atoms with Crippen molar-refractivity contribution in [3.8, 4) is 0 Å². The second-order valence-electron chi connectivity index (χ2n) is 6.58. The van der Waals surface area contributed by atoms with Crippen molar-refractivity contribution in [2.24, 2.45) is 5.10 Å². The third kappa shape index (κ3) is 5.02. The molecule has 33 heavy (non-hydrogen) atoms. The van der Waals surface area contributed by atoms with Gasteiger partial charge in [0.25, 0.3) is 17.3 Å². The summed E-state index contributed by atoms with van der Waals surface area (Å²) in [6, 6.07) is 10.4. The Labute approximate surface area is 193 Å². The van der Waals surface area contributed by atoms with Crippen LogP contribution in [0.2, 0.25) is 0 Å². The highest BCUT2D eigenvalue weighted by molar-refractivity contribution is 7.99. The molecule has 0 saturated heterocycles. The number of nitrogens with zero attached hydrogens (tertiary/aromatic N) is 5. The highest BCUT2D eigenvalue weighted by Gasteiger charge is 2.17. The SMILES string of the molecule is Cc1nc(Sc2ccc(/C=N/NC(=O)c3cc4cc([N+](=O)[O-])ccc4s3)cc2[N+](=O)[O-])n[nH]1. The van der Waals surface area contributed by atoms with E-state index < -0.39 is 15.8 Å². The largest absolute Gasteiger partial charge is 0.283 e. The smallest absolute Gasteiger partial charge is 0.266 e. The molecule has 4 rings (SSSR count). The number of H-pyrrole nitrogens is 1. The van der Waals surface area contributed by atoms with Gasteiger partial charge in [-0.1, -0.05) is 6.07 Å². The van der Waals surface area contributed by atoms with Gasteiger partial charge in [-0.05, 0) is 36.9 Å². The molecule has 4 aromatic rings. The second kappa shape index (κ2) is 9.13. The number of aromatic nitrogens is 3. The molecule has 2 aromatic carbocycles. The first-order chi connectivity index (χ1) is 15.8. The van der Waals surface area contributed by atoms with Crippen molar-refractivity contribution in [1.82, 2.24) is 20.6 Å². The molecule has 14 heteroatoms. The van der Waals surface area contributed by atoms with Crippen LogP contribution in [0.15, 0.2) is 57.6 Å². The average Bonchev–Trinajstić information content (AvgIpc) is 3.39. The Morgan fingerprint density at radius 3 is 2.70 bits per heavy atom. The fraction of sp³-hybridized carbons (Fsp3) is 0.0526. The topological polar surface area (TPSA) is 169 Å². The summed E-state index contributed by atoms with van der Waals surface area (Å²) in [5.74, 6) is 0.0910. The molecule has 1 amide bonds. The van der Waals surface area contributed by atoms with Gasteiger partial charge in [0.2, 0.25) is 5.16 Å². The summed E-state index contributed by atoms with van der Waals surface area (Å²) in [6.07, 6.45) is 1.29. The first-order valence-electron chi connectivity index (χ1n) is 9.17. The van der Waals surface area contributed by atoms with Crippen LogP contribution in [0.5, 0.6) is 0 Å². The van der Waals surface area contributed by atoms with Crippen LogP contribution in [0.4, 0.5) is 11.4 Å². The number of aromatic amines is 1. The van der Waals surface area contributed by atoms with E-state index in [0.29, 0.717) is 31.7 Å².